The SMILES string of the molecule is CN(CC(=O)N1CCN(C(c2ccccc2)c2ccc(F)cc2)CC1)C(c1ccccc1)c1ccccc1. The van der Waals surface area contributed by atoms with Crippen LogP contribution in [-0.2, 0) is 4.79 Å². The summed E-state index contributed by atoms with van der Waals surface area (Å²) in [7, 11) is 2.03. The van der Waals surface area contributed by atoms with Gasteiger partial charge < -0.3 is 4.90 Å². The topological polar surface area (TPSA) is 26.8 Å². The zero-order valence-electron chi connectivity index (χ0n) is 21.8. The van der Waals surface area contributed by atoms with Crippen molar-refractivity contribution >= 4 is 5.91 Å². The molecule has 5 rings (SSSR count). The molecule has 0 bridgehead atoms. The lowest BCUT2D eigenvalue weighted by molar-refractivity contribution is -0.134. The highest BCUT2D eigenvalue weighted by Crippen LogP contribution is 2.30. The standard InChI is InChI=1S/C33H34FN3O/c1-35(32(26-11-5-2-6-12-26)27-13-7-3-8-14-27)25-31(38)36-21-23-37(24-22-36)33(28-15-9-4-10-16-28)29-17-19-30(34)20-18-29/h2-20,32-33H,21-25H2,1H3. The first-order chi connectivity index (χ1) is 18.6. The molecule has 1 atom stereocenters. The van der Waals surface area contributed by atoms with Crippen molar-refractivity contribution in [1.29, 1.82) is 0 Å². The number of hydrogen-bond acceptors (Lipinski definition) is 3. The average Bonchev–Trinajstić information content (AvgIpc) is 2.96. The summed E-state index contributed by atoms with van der Waals surface area (Å²) in [6.45, 7) is 3.19. The van der Waals surface area contributed by atoms with Gasteiger partial charge in [0.25, 0.3) is 0 Å². The van der Waals surface area contributed by atoms with E-state index in [0.717, 1.165) is 18.7 Å². The van der Waals surface area contributed by atoms with Gasteiger partial charge >= 0.3 is 0 Å². The van der Waals surface area contributed by atoms with Gasteiger partial charge in [-0.3, -0.25) is 14.6 Å². The molecule has 1 fully saturated rings. The lowest BCUT2D eigenvalue weighted by atomic mass is 9.96. The first-order valence-corrected chi connectivity index (χ1v) is 13.2. The maximum Gasteiger partial charge on any atom is 0.236 e. The molecule has 1 aliphatic heterocycles. The Morgan fingerprint density at radius 3 is 1.63 bits per heavy atom. The molecule has 0 N–H and O–H groups in total. The number of halogens is 1. The minimum atomic E-state index is -0.232. The van der Waals surface area contributed by atoms with Gasteiger partial charge in [-0.25, -0.2) is 4.39 Å². The number of amides is 1. The first-order valence-electron chi connectivity index (χ1n) is 13.2. The van der Waals surface area contributed by atoms with E-state index in [2.05, 4.69) is 46.2 Å². The normalized spacial score (nSPS) is 15.1. The van der Waals surface area contributed by atoms with Gasteiger partial charge in [0.1, 0.15) is 5.82 Å². The van der Waals surface area contributed by atoms with Gasteiger partial charge in [-0.2, -0.15) is 0 Å². The Kier molecular flexibility index (Phi) is 8.27. The second-order valence-electron chi connectivity index (χ2n) is 9.92. The van der Waals surface area contributed by atoms with Crippen LogP contribution in [0.25, 0.3) is 0 Å². The van der Waals surface area contributed by atoms with Gasteiger partial charge in [0.05, 0.1) is 18.6 Å². The monoisotopic (exact) mass is 507 g/mol. The minimum absolute atomic E-state index is 0.00331. The van der Waals surface area contributed by atoms with Crippen LogP contribution in [0.1, 0.15) is 34.3 Å². The highest BCUT2D eigenvalue weighted by molar-refractivity contribution is 5.78. The van der Waals surface area contributed by atoms with Crippen molar-refractivity contribution in [2.24, 2.45) is 0 Å². The lowest BCUT2D eigenvalue weighted by Crippen LogP contribution is -2.52. The Morgan fingerprint density at radius 1 is 0.684 bits per heavy atom. The summed E-state index contributed by atoms with van der Waals surface area (Å²) >= 11 is 0. The van der Waals surface area contributed by atoms with E-state index >= 15 is 0 Å². The molecule has 0 radical (unpaired) electrons. The highest BCUT2D eigenvalue weighted by atomic mass is 19.1. The highest BCUT2D eigenvalue weighted by Gasteiger charge is 2.29. The fourth-order valence-corrected chi connectivity index (χ4v) is 5.50. The first kappa shape index (κ1) is 25.8. The number of likely N-dealkylation sites (N-methyl/N-ethyl adjacent to an activating group) is 1. The summed E-state index contributed by atoms with van der Waals surface area (Å²) < 4.78 is 13.7. The van der Waals surface area contributed by atoms with Crippen molar-refractivity contribution in [3.63, 3.8) is 0 Å². The van der Waals surface area contributed by atoms with Crippen LogP contribution >= 0.6 is 0 Å². The van der Waals surface area contributed by atoms with Crippen molar-refractivity contribution in [3.8, 4) is 0 Å². The summed E-state index contributed by atoms with van der Waals surface area (Å²) in [4.78, 5) is 20.0. The molecule has 4 aromatic carbocycles. The predicted octanol–water partition coefficient (Wildman–Crippen LogP) is 5.78. The van der Waals surface area contributed by atoms with Crippen LogP contribution in [0.4, 0.5) is 4.39 Å². The molecular formula is C33H34FN3O. The lowest BCUT2D eigenvalue weighted by Gasteiger charge is -2.40. The largest absolute Gasteiger partial charge is 0.339 e. The Morgan fingerprint density at radius 2 is 1.13 bits per heavy atom. The van der Waals surface area contributed by atoms with Crippen molar-refractivity contribution in [3.05, 3.63) is 143 Å². The third-order valence-corrected chi connectivity index (χ3v) is 7.39. The van der Waals surface area contributed by atoms with Gasteiger partial charge in [-0.1, -0.05) is 103 Å². The average molecular weight is 508 g/mol. The molecule has 1 amide bonds. The van der Waals surface area contributed by atoms with Crippen molar-refractivity contribution < 1.29 is 9.18 Å². The van der Waals surface area contributed by atoms with Crippen molar-refractivity contribution in [1.82, 2.24) is 14.7 Å². The molecule has 194 valence electrons. The number of carbonyl (C=O) groups is 1. The molecule has 0 spiro atoms. The number of piperazine rings is 1. The summed E-state index contributed by atoms with van der Waals surface area (Å²) in [6, 6.07) is 37.8. The second-order valence-corrected chi connectivity index (χ2v) is 9.92. The second kappa shape index (κ2) is 12.2. The number of hydrogen-bond donors (Lipinski definition) is 0. The smallest absolute Gasteiger partial charge is 0.236 e. The molecule has 38 heavy (non-hydrogen) atoms. The van der Waals surface area contributed by atoms with E-state index in [-0.39, 0.29) is 23.8 Å². The van der Waals surface area contributed by atoms with Gasteiger partial charge in [-0.05, 0) is 41.4 Å². The molecule has 4 aromatic rings. The van der Waals surface area contributed by atoms with Crippen LogP contribution in [0.5, 0.6) is 0 Å². The zero-order valence-corrected chi connectivity index (χ0v) is 21.8. The van der Waals surface area contributed by atoms with Crippen molar-refractivity contribution in [2.45, 2.75) is 12.1 Å². The Labute approximate surface area is 224 Å². The van der Waals surface area contributed by atoms with Gasteiger partial charge in [0.2, 0.25) is 5.91 Å². The molecule has 1 aliphatic rings. The van der Waals surface area contributed by atoms with E-state index in [1.807, 2.05) is 78.7 Å². The molecule has 1 unspecified atom stereocenters. The Bertz CT molecular complexity index is 1250. The summed E-state index contributed by atoms with van der Waals surface area (Å²) in [5.74, 6) is -0.0912. The quantitative estimate of drug-likeness (QED) is 0.303. The predicted molar refractivity (Wildman–Crippen MR) is 150 cm³/mol. The fourth-order valence-electron chi connectivity index (χ4n) is 5.50. The summed E-state index contributed by atoms with van der Waals surface area (Å²) in [5, 5.41) is 0. The van der Waals surface area contributed by atoms with Crippen LogP contribution in [-0.4, -0.2) is 60.4 Å². The van der Waals surface area contributed by atoms with E-state index in [4.69, 9.17) is 0 Å². The Balaban J connectivity index is 1.27. The summed E-state index contributed by atoms with van der Waals surface area (Å²) in [6.07, 6.45) is 0. The number of carbonyl (C=O) groups excluding carboxylic acids is 1. The number of benzene rings is 4. The molecule has 5 heteroatoms. The van der Waals surface area contributed by atoms with Crippen LogP contribution in [0.2, 0.25) is 0 Å². The molecule has 0 aliphatic carbocycles. The third-order valence-electron chi connectivity index (χ3n) is 7.39. The number of nitrogens with zero attached hydrogens (tertiary/aromatic N) is 3. The summed E-state index contributed by atoms with van der Waals surface area (Å²) in [5.41, 5.74) is 4.57. The van der Waals surface area contributed by atoms with E-state index in [1.54, 1.807) is 0 Å². The molecule has 1 saturated heterocycles. The van der Waals surface area contributed by atoms with E-state index in [0.29, 0.717) is 19.6 Å². The van der Waals surface area contributed by atoms with Gasteiger partial charge in [0, 0.05) is 26.2 Å². The molecule has 0 aromatic heterocycles. The van der Waals surface area contributed by atoms with E-state index in [1.165, 1.54) is 28.8 Å². The van der Waals surface area contributed by atoms with Crippen LogP contribution in [0.3, 0.4) is 0 Å². The number of rotatable bonds is 8. The maximum absolute atomic E-state index is 13.7. The molecule has 1 heterocycles. The zero-order chi connectivity index (χ0) is 26.3. The maximum atomic E-state index is 13.7. The molecule has 4 nitrogen and oxygen atoms in total. The fraction of sp³-hybridized carbons (Fsp3) is 0.242. The molecule has 0 saturated carbocycles. The van der Waals surface area contributed by atoms with Crippen molar-refractivity contribution in [2.75, 3.05) is 39.8 Å². The van der Waals surface area contributed by atoms with Crippen LogP contribution in [0, 0.1) is 5.82 Å². The minimum Gasteiger partial charge on any atom is -0.339 e. The van der Waals surface area contributed by atoms with Gasteiger partial charge in [-0.15, -0.1) is 0 Å². The van der Waals surface area contributed by atoms with E-state index < -0.39 is 0 Å². The third kappa shape index (κ3) is 6.01. The van der Waals surface area contributed by atoms with Crippen LogP contribution < -0.4 is 0 Å². The van der Waals surface area contributed by atoms with E-state index in [9.17, 15) is 9.18 Å². The van der Waals surface area contributed by atoms with Crippen LogP contribution in [0.15, 0.2) is 115 Å². The Hall–Kier alpha value is -3.80. The van der Waals surface area contributed by atoms with Gasteiger partial charge in [0.15, 0.2) is 0 Å². The molecular weight excluding hydrogens is 473 g/mol.